The van der Waals surface area contributed by atoms with E-state index in [1.54, 1.807) is 0 Å². The molecule has 0 N–H and O–H groups in total. The molecule has 1 aliphatic heterocycles. The monoisotopic (exact) mass is 388 g/mol. The van der Waals surface area contributed by atoms with Crippen LogP contribution in [0.1, 0.15) is 24.0 Å². The fraction of sp³-hybridized carbons (Fsp3) is 0.471. The van der Waals surface area contributed by atoms with Gasteiger partial charge < -0.3 is 14.6 Å². The van der Waals surface area contributed by atoms with Crippen LogP contribution in [0.25, 0.3) is 0 Å². The van der Waals surface area contributed by atoms with E-state index in [-0.39, 0.29) is 31.2 Å². The second-order valence-electron chi connectivity index (χ2n) is 6.01. The predicted molar refractivity (Wildman–Crippen MR) is 91.2 cm³/mol. The molecule has 2 amide bonds. The number of hydrogen-bond donors (Lipinski definition) is 0. The normalized spacial score (nSPS) is 17.2. The second kappa shape index (κ2) is 8.57. The van der Waals surface area contributed by atoms with Crippen molar-refractivity contribution in [1.82, 2.24) is 9.80 Å². The van der Waals surface area contributed by atoms with Gasteiger partial charge in [-0.1, -0.05) is 12.1 Å². The smallest absolute Gasteiger partial charge is 0.341 e. The maximum absolute atomic E-state index is 12.5. The Morgan fingerprint density at radius 3 is 2.50 bits per heavy atom. The van der Waals surface area contributed by atoms with E-state index in [0.29, 0.717) is 17.2 Å². The van der Waals surface area contributed by atoms with Crippen LogP contribution in [-0.2, 0) is 27.1 Å². The van der Waals surface area contributed by atoms with Crippen LogP contribution < -0.4 is 0 Å². The third-order valence-electron chi connectivity index (χ3n) is 4.08. The molecule has 0 aliphatic carbocycles. The van der Waals surface area contributed by atoms with E-state index >= 15 is 0 Å². The lowest BCUT2D eigenvalue weighted by molar-refractivity contribution is -0.138. The molecule has 0 saturated carbocycles. The fourth-order valence-electron chi connectivity index (χ4n) is 2.54. The number of thioether (sulfide) groups is 1. The van der Waals surface area contributed by atoms with Crippen molar-refractivity contribution in [3.05, 3.63) is 35.4 Å². The minimum Gasteiger partial charge on any atom is -0.341 e. The van der Waals surface area contributed by atoms with Crippen LogP contribution in [0.15, 0.2) is 24.3 Å². The lowest BCUT2D eigenvalue weighted by atomic mass is 10.1. The molecule has 1 aliphatic rings. The zero-order valence-corrected chi connectivity index (χ0v) is 15.0. The first-order valence-electron chi connectivity index (χ1n) is 7.95. The zero-order valence-electron chi connectivity index (χ0n) is 14.2. The first kappa shape index (κ1) is 20.3. The summed E-state index contributed by atoms with van der Waals surface area (Å²) >= 11 is 1.49. The molecule has 0 radical (unpaired) electrons. The quantitative estimate of drug-likeness (QED) is 0.703. The van der Waals surface area contributed by atoms with Crippen molar-refractivity contribution in [2.24, 2.45) is 0 Å². The molecule has 0 unspecified atom stereocenters. The molecule has 1 heterocycles. The molecule has 1 saturated heterocycles. The molecule has 9 heteroatoms. The van der Waals surface area contributed by atoms with Gasteiger partial charge in [0.1, 0.15) is 6.29 Å². The summed E-state index contributed by atoms with van der Waals surface area (Å²) in [6.45, 7) is 0.154. The summed E-state index contributed by atoms with van der Waals surface area (Å²) in [5.41, 5.74) is -0.175. The zero-order chi connectivity index (χ0) is 19.3. The minimum atomic E-state index is -4.39. The van der Waals surface area contributed by atoms with Gasteiger partial charge in [0.25, 0.3) is 0 Å². The van der Waals surface area contributed by atoms with Crippen LogP contribution in [0.2, 0.25) is 0 Å². The molecule has 142 valence electrons. The predicted octanol–water partition coefficient (Wildman–Crippen LogP) is 2.54. The van der Waals surface area contributed by atoms with E-state index in [1.165, 1.54) is 40.7 Å². The van der Waals surface area contributed by atoms with Gasteiger partial charge in [0.15, 0.2) is 0 Å². The Labute approximate surface area is 153 Å². The Balaban J connectivity index is 1.84. The third-order valence-corrected chi connectivity index (χ3v) is 5.11. The maximum atomic E-state index is 12.5. The molecule has 2 rings (SSSR count). The van der Waals surface area contributed by atoms with E-state index in [4.69, 9.17) is 0 Å². The lowest BCUT2D eigenvalue weighted by Crippen LogP contribution is -2.38. The van der Waals surface area contributed by atoms with Crippen LogP contribution in [0.3, 0.4) is 0 Å². The van der Waals surface area contributed by atoms with Crippen molar-refractivity contribution in [2.75, 3.05) is 18.7 Å². The van der Waals surface area contributed by atoms with Gasteiger partial charge in [-0.15, -0.1) is 11.8 Å². The number of carbonyl (C=O) groups excluding carboxylic acids is 3. The molecule has 5 nitrogen and oxygen atoms in total. The highest BCUT2D eigenvalue weighted by molar-refractivity contribution is 7.99. The van der Waals surface area contributed by atoms with Gasteiger partial charge >= 0.3 is 6.18 Å². The van der Waals surface area contributed by atoms with Crippen molar-refractivity contribution < 1.29 is 27.6 Å². The third kappa shape index (κ3) is 5.23. The molecule has 0 bridgehead atoms. The van der Waals surface area contributed by atoms with Crippen LogP contribution in [0, 0.1) is 0 Å². The summed E-state index contributed by atoms with van der Waals surface area (Å²) in [6.07, 6.45) is -3.67. The summed E-state index contributed by atoms with van der Waals surface area (Å²) < 4.78 is 37.6. The fourth-order valence-corrected chi connectivity index (χ4v) is 3.67. The van der Waals surface area contributed by atoms with Crippen LogP contribution >= 0.6 is 11.8 Å². The SMILES string of the molecule is CN(Cc1ccc(C(F)(F)F)cc1)C(=O)CCC(=O)N1CSC[C@H]1C=O. The van der Waals surface area contributed by atoms with Crippen LogP contribution in [0.4, 0.5) is 13.2 Å². The van der Waals surface area contributed by atoms with Gasteiger partial charge in [0.2, 0.25) is 11.8 Å². The topological polar surface area (TPSA) is 57.7 Å². The van der Waals surface area contributed by atoms with E-state index in [2.05, 4.69) is 0 Å². The van der Waals surface area contributed by atoms with Gasteiger partial charge in [-0.05, 0) is 17.7 Å². The molecule has 0 aromatic heterocycles. The molecule has 0 spiro atoms. The van der Waals surface area contributed by atoms with E-state index in [0.717, 1.165) is 18.4 Å². The number of rotatable bonds is 6. The Hall–Kier alpha value is -2.03. The van der Waals surface area contributed by atoms with Gasteiger partial charge in [-0.2, -0.15) is 13.2 Å². The maximum Gasteiger partial charge on any atom is 0.416 e. The summed E-state index contributed by atoms with van der Waals surface area (Å²) in [7, 11) is 1.53. The Bertz CT molecular complexity index is 664. The molecule has 1 fully saturated rings. The number of amides is 2. The highest BCUT2D eigenvalue weighted by Crippen LogP contribution is 2.29. The molecule has 1 aromatic carbocycles. The van der Waals surface area contributed by atoms with Crippen LogP contribution in [-0.4, -0.2) is 52.6 Å². The number of benzene rings is 1. The lowest BCUT2D eigenvalue weighted by Gasteiger charge is -2.21. The number of nitrogens with zero attached hydrogens (tertiary/aromatic N) is 2. The number of hydrogen-bond acceptors (Lipinski definition) is 4. The van der Waals surface area contributed by atoms with Crippen molar-refractivity contribution in [3.8, 4) is 0 Å². The Kier molecular flexibility index (Phi) is 6.69. The molecular formula is C17H19F3N2O3S. The number of carbonyl (C=O) groups is 3. The van der Waals surface area contributed by atoms with E-state index < -0.39 is 17.8 Å². The summed E-state index contributed by atoms with van der Waals surface area (Å²) in [6, 6.07) is 4.17. The van der Waals surface area contributed by atoms with Crippen LogP contribution in [0.5, 0.6) is 0 Å². The molecule has 1 atom stereocenters. The van der Waals surface area contributed by atoms with Gasteiger partial charge in [-0.3, -0.25) is 9.59 Å². The number of alkyl halides is 3. The summed E-state index contributed by atoms with van der Waals surface area (Å²) in [4.78, 5) is 38.0. The standard InChI is InChI=1S/C17H19F3N2O3S/c1-21(8-12-2-4-13(5-3-12)17(18,19)20)15(24)6-7-16(25)22-11-26-10-14(22)9-23/h2-5,9,14H,6-8,10-11H2,1H3/t14-/m1/s1. The second-order valence-corrected chi connectivity index (χ2v) is 7.01. The Morgan fingerprint density at radius 1 is 1.27 bits per heavy atom. The van der Waals surface area contributed by atoms with Crippen molar-refractivity contribution >= 4 is 29.9 Å². The average molecular weight is 388 g/mol. The molecular weight excluding hydrogens is 369 g/mol. The van der Waals surface area contributed by atoms with E-state index in [1.807, 2.05) is 0 Å². The first-order valence-corrected chi connectivity index (χ1v) is 9.10. The van der Waals surface area contributed by atoms with Crippen molar-refractivity contribution in [1.29, 1.82) is 0 Å². The first-order chi connectivity index (χ1) is 12.2. The average Bonchev–Trinajstić information content (AvgIpc) is 3.07. The highest BCUT2D eigenvalue weighted by Gasteiger charge is 2.30. The summed E-state index contributed by atoms with van der Waals surface area (Å²) in [5, 5.41) is 0. The van der Waals surface area contributed by atoms with Gasteiger partial charge in [-0.25, -0.2) is 0 Å². The summed E-state index contributed by atoms with van der Waals surface area (Å²) in [5.74, 6) is 0.477. The number of halogens is 3. The van der Waals surface area contributed by atoms with Crippen molar-refractivity contribution in [2.45, 2.75) is 31.6 Å². The van der Waals surface area contributed by atoms with Gasteiger partial charge in [0, 0.05) is 32.2 Å². The Morgan fingerprint density at radius 2 is 1.92 bits per heavy atom. The number of aldehydes is 1. The van der Waals surface area contributed by atoms with Crippen molar-refractivity contribution in [3.63, 3.8) is 0 Å². The van der Waals surface area contributed by atoms with Gasteiger partial charge in [0.05, 0.1) is 17.5 Å². The molecule has 1 aromatic rings. The highest BCUT2D eigenvalue weighted by atomic mass is 32.2. The van der Waals surface area contributed by atoms with E-state index in [9.17, 15) is 27.6 Å². The largest absolute Gasteiger partial charge is 0.416 e. The minimum absolute atomic E-state index is 0.00108. The molecule has 26 heavy (non-hydrogen) atoms.